The van der Waals surface area contributed by atoms with Gasteiger partial charge in [0.15, 0.2) is 0 Å². The summed E-state index contributed by atoms with van der Waals surface area (Å²) in [5, 5.41) is 6.55. The second-order valence-corrected chi connectivity index (χ2v) is 6.55. The molecule has 1 aromatic rings. The molecule has 0 aromatic carbocycles. The van der Waals surface area contributed by atoms with Gasteiger partial charge in [-0.05, 0) is 44.1 Å². The van der Waals surface area contributed by atoms with E-state index in [1.165, 1.54) is 17.4 Å². The van der Waals surface area contributed by atoms with Gasteiger partial charge in [-0.25, -0.2) is 0 Å². The van der Waals surface area contributed by atoms with Crippen LogP contribution in [0.1, 0.15) is 37.7 Å². The van der Waals surface area contributed by atoms with Gasteiger partial charge >= 0.3 is 0 Å². The molecule has 0 spiro atoms. The standard InChI is InChI=1S/C16H23N3O2/c1-10-5-16(21)19(2)9-14(10)18-15(20)8-11-6-12-3-4-13(7-11)17-12/h5,9,11-13,17H,3-4,6-8H2,1-2H3,(H,18,20). The van der Waals surface area contributed by atoms with Crippen molar-refractivity contribution in [3.63, 3.8) is 0 Å². The molecule has 2 atom stereocenters. The third-order valence-electron chi connectivity index (χ3n) is 4.75. The highest BCUT2D eigenvalue weighted by atomic mass is 16.1. The number of nitrogens with zero attached hydrogens (tertiary/aromatic N) is 1. The summed E-state index contributed by atoms with van der Waals surface area (Å²) in [6.45, 7) is 1.85. The van der Waals surface area contributed by atoms with Crippen LogP contribution in [-0.4, -0.2) is 22.6 Å². The number of hydrogen-bond acceptors (Lipinski definition) is 3. The third kappa shape index (κ3) is 3.18. The van der Waals surface area contributed by atoms with E-state index in [9.17, 15) is 9.59 Å². The van der Waals surface area contributed by atoms with Gasteiger partial charge in [0.1, 0.15) is 0 Å². The molecule has 1 aromatic heterocycles. The molecule has 2 aliphatic heterocycles. The molecule has 3 rings (SSSR count). The van der Waals surface area contributed by atoms with E-state index in [0.29, 0.717) is 24.4 Å². The first kappa shape index (κ1) is 14.3. The predicted octanol–water partition coefficient (Wildman–Crippen LogP) is 1.55. The van der Waals surface area contributed by atoms with E-state index in [2.05, 4.69) is 10.6 Å². The summed E-state index contributed by atoms with van der Waals surface area (Å²) in [4.78, 5) is 23.8. The second-order valence-electron chi connectivity index (χ2n) is 6.55. The van der Waals surface area contributed by atoms with Crippen LogP contribution >= 0.6 is 0 Å². The lowest BCUT2D eigenvalue weighted by Gasteiger charge is -2.28. The highest BCUT2D eigenvalue weighted by molar-refractivity contribution is 5.91. The van der Waals surface area contributed by atoms with E-state index >= 15 is 0 Å². The molecule has 21 heavy (non-hydrogen) atoms. The maximum absolute atomic E-state index is 12.2. The zero-order chi connectivity index (χ0) is 15.0. The molecule has 2 saturated heterocycles. The average molecular weight is 289 g/mol. The van der Waals surface area contributed by atoms with Crippen molar-refractivity contribution >= 4 is 11.6 Å². The first-order valence-electron chi connectivity index (χ1n) is 7.74. The number of piperidine rings is 1. The summed E-state index contributed by atoms with van der Waals surface area (Å²) in [6, 6.07) is 2.78. The Labute approximate surface area is 124 Å². The molecular formula is C16H23N3O2. The van der Waals surface area contributed by atoms with Crippen LogP contribution < -0.4 is 16.2 Å². The lowest BCUT2D eigenvalue weighted by atomic mass is 9.89. The van der Waals surface area contributed by atoms with Crippen molar-refractivity contribution in [2.45, 2.75) is 51.1 Å². The van der Waals surface area contributed by atoms with E-state index in [4.69, 9.17) is 0 Å². The van der Waals surface area contributed by atoms with E-state index in [1.807, 2.05) is 6.92 Å². The Morgan fingerprint density at radius 1 is 1.38 bits per heavy atom. The minimum atomic E-state index is -0.0552. The number of carbonyl (C=O) groups is 1. The molecule has 5 nitrogen and oxygen atoms in total. The van der Waals surface area contributed by atoms with Crippen LogP contribution in [0.5, 0.6) is 0 Å². The predicted molar refractivity (Wildman–Crippen MR) is 82.3 cm³/mol. The highest BCUT2D eigenvalue weighted by Crippen LogP contribution is 2.32. The fourth-order valence-electron chi connectivity index (χ4n) is 3.66. The Morgan fingerprint density at radius 3 is 2.71 bits per heavy atom. The Morgan fingerprint density at radius 2 is 2.05 bits per heavy atom. The molecule has 2 unspecified atom stereocenters. The van der Waals surface area contributed by atoms with Gasteiger partial charge < -0.3 is 15.2 Å². The van der Waals surface area contributed by atoms with Crippen LogP contribution in [0.25, 0.3) is 0 Å². The molecule has 114 valence electrons. The number of aromatic nitrogens is 1. The molecule has 3 heterocycles. The van der Waals surface area contributed by atoms with Gasteiger partial charge in [-0.15, -0.1) is 0 Å². The molecule has 2 bridgehead atoms. The van der Waals surface area contributed by atoms with Crippen LogP contribution in [0.3, 0.4) is 0 Å². The number of nitrogens with one attached hydrogen (secondary N) is 2. The maximum Gasteiger partial charge on any atom is 0.250 e. The first-order chi connectivity index (χ1) is 10.0. The quantitative estimate of drug-likeness (QED) is 0.887. The van der Waals surface area contributed by atoms with Crippen LogP contribution in [0, 0.1) is 12.8 Å². The molecule has 1 amide bonds. The minimum Gasteiger partial charge on any atom is -0.325 e. The van der Waals surface area contributed by atoms with Gasteiger partial charge in [-0.1, -0.05) is 0 Å². The first-order valence-corrected chi connectivity index (χ1v) is 7.74. The van der Waals surface area contributed by atoms with E-state index in [1.54, 1.807) is 19.3 Å². The monoisotopic (exact) mass is 289 g/mol. The van der Waals surface area contributed by atoms with Crippen molar-refractivity contribution in [1.29, 1.82) is 0 Å². The van der Waals surface area contributed by atoms with Crippen molar-refractivity contribution in [2.75, 3.05) is 5.32 Å². The number of hydrogen-bond donors (Lipinski definition) is 2. The molecule has 2 aliphatic rings. The van der Waals surface area contributed by atoms with Crippen molar-refractivity contribution in [1.82, 2.24) is 9.88 Å². The summed E-state index contributed by atoms with van der Waals surface area (Å²) in [5.74, 6) is 0.541. The summed E-state index contributed by atoms with van der Waals surface area (Å²) in [6.07, 6.45) is 7.00. The van der Waals surface area contributed by atoms with Crippen LogP contribution in [0.2, 0.25) is 0 Å². The van der Waals surface area contributed by atoms with Crippen molar-refractivity contribution in [3.8, 4) is 0 Å². The van der Waals surface area contributed by atoms with Crippen LogP contribution in [0.15, 0.2) is 17.1 Å². The third-order valence-corrected chi connectivity index (χ3v) is 4.75. The summed E-state index contributed by atoms with van der Waals surface area (Å²) >= 11 is 0. The zero-order valence-electron chi connectivity index (χ0n) is 12.7. The van der Waals surface area contributed by atoms with Crippen molar-refractivity contribution in [2.24, 2.45) is 13.0 Å². The molecule has 2 N–H and O–H groups in total. The Kier molecular flexibility index (Phi) is 3.85. The molecule has 0 saturated carbocycles. The van der Waals surface area contributed by atoms with Crippen molar-refractivity contribution < 1.29 is 4.79 Å². The highest BCUT2D eigenvalue weighted by Gasteiger charge is 2.34. The summed E-state index contributed by atoms with van der Waals surface area (Å²) in [7, 11) is 1.70. The van der Waals surface area contributed by atoms with Crippen molar-refractivity contribution in [3.05, 3.63) is 28.2 Å². The lowest BCUT2D eigenvalue weighted by molar-refractivity contribution is -0.117. The molecule has 0 radical (unpaired) electrons. The van der Waals surface area contributed by atoms with E-state index in [-0.39, 0.29) is 11.5 Å². The fraction of sp³-hybridized carbons (Fsp3) is 0.625. The lowest BCUT2D eigenvalue weighted by Crippen LogP contribution is -2.39. The number of fused-ring (bicyclic) bond motifs is 2. The number of anilines is 1. The number of pyridine rings is 1. The smallest absolute Gasteiger partial charge is 0.250 e. The van der Waals surface area contributed by atoms with Gasteiger partial charge in [-0.2, -0.15) is 0 Å². The number of aryl methyl sites for hydroxylation is 2. The number of rotatable bonds is 3. The van der Waals surface area contributed by atoms with Crippen LogP contribution in [-0.2, 0) is 11.8 Å². The van der Waals surface area contributed by atoms with Gasteiger partial charge in [0, 0.05) is 37.8 Å². The summed E-state index contributed by atoms with van der Waals surface area (Å²) in [5.41, 5.74) is 1.50. The van der Waals surface area contributed by atoms with E-state index < -0.39 is 0 Å². The van der Waals surface area contributed by atoms with E-state index in [0.717, 1.165) is 24.1 Å². The zero-order valence-corrected chi connectivity index (χ0v) is 12.7. The second kappa shape index (κ2) is 5.64. The Bertz CT molecular complexity index is 596. The largest absolute Gasteiger partial charge is 0.325 e. The normalized spacial score (nSPS) is 27.6. The summed E-state index contributed by atoms with van der Waals surface area (Å²) < 4.78 is 1.49. The maximum atomic E-state index is 12.2. The van der Waals surface area contributed by atoms with Gasteiger partial charge in [0.25, 0.3) is 5.56 Å². The fourth-order valence-corrected chi connectivity index (χ4v) is 3.66. The van der Waals surface area contributed by atoms with Crippen LogP contribution in [0.4, 0.5) is 5.69 Å². The average Bonchev–Trinajstić information content (AvgIpc) is 2.75. The number of carbonyl (C=O) groups excluding carboxylic acids is 1. The topological polar surface area (TPSA) is 63.1 Å². The molecule has 0 aliphatic carbocycles. The SMILES string of the molecule is Cc1cc(=O)n(C)cc1NC(=O)CC1CC2CCC(C1)N2. The Balaban J connectivity index is 1.62. The Hall–Kier alpha value is -1.62. The van der Waals surface area contributed by atoms with Gasteiger partial charge in [-0.3, -0.25) is 9.59 Å². The van der Waals surface area contributed by atoms with Gasteiger partial charge in [0.2, 0.25) is 5.91 Å². The number of amides is 1. The molecule has 2 fully saturated rings. The molecular weight excluding hydrogens is 266 g/mol. The minimum absolute atomic E-state index is 0.0552. The van der Waals surface area contributed by atoms with Gasteiger partial charge in [0.05, 0.1) is 5.69 Å². The molecule has 5 heteroatoms.